The van der Waals surface area contributed by atoms with Crippen molar-refractivity contribution >= 4 is 17.3 Å². The number of carbonyl (C=O) groups is 1. The largest absolute Gasteiger partial charge is 0.497 e. The maximum atomic E-state index is 12.6. The first-order valence-electron chi connectivity index (χ1n) is 6.95. The zero-order valence-electron chi connectivity index (χ0n) is 12.2. The van der Waals surface area contributed by atoms with Crippen LogP contribution in [0.1, 0.15) is 21.5 Å². The Morgan fingerprint density at radius 1 is 1.24 bits per heavy atom. The van der Waals surface area contributed by atoms with Crippen LogP contribution in [0.5, 0.6) is 5.75 Å². The molecule has 0 bridgehead atoms. The van der Waals surface area contributed by atoms with Crippen LogP contribution >= 0.6 is 0 Å². The molecule has 0 aliphatic carbocycles. The number of amides is 1. The lowest BCUT2D eigenvalue weighted by atomic mass is 10.1. The van der Waals surface area contributed by atoms with E-state index in [0.717, 1.165) is 29.1 Å². The molecule has 1 heterocycles. The highest BCUT2D eigenvalue weighted by atomic mass is 16.5. The molecule has 2 N–H and O–H groups in total. The van der Waals surface area contributed by atoms with Gasteiger partial charge in [-0.3, -0.25) is 4.79 Å². The minimum absolute atomic E-state index is 0.000318. The summed E-state index contributed by atoms with van der Waals surface area (Å²) in [4.78, 5) is 14.4. The minimum atomic E-state index is -0.000318. The van der Waals surface area contributed by atoms with Crippen LogP contribution in [0.3, 0.4) is 0 Å². The molecule has 1 aliphatic heterocycles. The topological polar surface area (TPSA) is 55.6 Å². The number of fused-ring (bicyclic) bond motifs is 1. The number of nitrogens with zero attached hydrogens (tertiary/aromatic N) is 1. The molecule has 2 aromatic rings. The van der Waals surface area contributed by atoms with Crippen LogP contribution < -0.4 is 15.4 Å². The van der Waals surface area contributed by atoms with Gasteiger partial charge >= 0.3 is 0 Å². The standard InChI is InChI=1S/C17H18N2O2/c1-11-9-13-7-8-19(16(13)10-15(11)18)17(20)12-3-5-14(21-2)6-4-12/h3-6,9-10H,7-8,18H2,1-2H3. The van der Waals surface area contributed by atoms with Crippen molar-refractivity contribution in [1.82, 2.24) is 0 Å². The van der Waals surface area contributed by atoms with Crippen LogP contribution in [0.15, 0.2) is 36.4 Å². The summed E-state index contributed by atoms with van der Waals surface area (Å²) < 4.78 is 5.12. The molecule has 0 saturated heterocycles. The molecule has 2 aromatic carbocycles. The lowest BCUT2D eigenvalue weighted by Gasteiger charge is -2.18. The molecule has 1 aliphatic rings. The number of carbonyl (C=O) groups excluding carboxylic acids is 1. The van der Waals surface area contributed by atoms with Gasteiger partial charge in [-0.15, -0.1) is 0 Å². The third-order valence-electron chi connectivity index (χ3n) is 3.94. The molecule has 3 rings (SSSR count). The van der Waals surface area contributed by atoms with Gasteiger partial charge < -0.3 is 15.4 Å². The fraction of sp³-hybridized carbons (Fsp3) is 0.235. The second-order valence-corrected chi connectivity index (χ2v) is 5.27. The van der Waals surface area contributed by atoms with Gasteiger partial charge in [0.25, 0.3) is 5.91 Å². The van der Waals surface area contributed by atoms with Crippen molar-refractivity contribution in [2.45, 2.75) is 13.3 Å². The first-order valence-corrected chi connectivity index (χ1v) is 6.95. The second kappa shape index (κ2) is 5.13. The van der Waals surface area contributed by atoms with Crippen molar-refractivity contribution in [3.63, 3.8) is 0 Å². The predicted octanol–water partition coefficient (Wildman–Crippen LogP) is 2.79. The highest BCUT2D eigenvalue weighted by Gasteiger charge is 2.26. The predicted molar refractivity (Wildman–Crippen MR) is 84.0 cm³/mol. The van der Waals surface area contributed by atoms with Gasteiger partial charge in [0.05, 0.1) is 7.11 Å². The monoisotopic (exact) mass is 282 g/mol. The van der Waals surface area contributed by atoms with E-state index in [-0.39, 0.29) is 5.91 Å². The maximum absolute atomic E-state index is 12.6. The summed E-state index contributed by atoms with van der Waals surface area (Å²) >= 11 is 0. The number of ether oxygens (including phenoxy) is 1. The van der Waals surface area contributed by atoms with Gasteiger partial charge in [0.1, 0.15) is 5.75 Å². The lowest BCUT2D eigenvalue weighted by Crippen LogP contribution is -2.28. The fourth-order valence-corrected chi connectivity index (χ4v) is 2.68. The zero-order chi connectivity index (χ0) is 15.0. The summed E-state index contributed by atoms with van der Waals surface area (Å²) in [5, 5.41) is 0. The summed E-state index contributed by atoms with van der Waals surface area (Å²) in [6, 6.07) is 11.2. The second-order valence-electron chi connectivity index (χ2n) is 5.27. The van der Waals surface area contributed by atoms with E-state index < -0.39 is 0 Å². The number of anilines is 2. The number of benzene rings is 2. The molecule has 4 nitrogen and oxygen atoms in total. The number of hydrogen-bond donors (Lipinski definition) is 1. The fourth-order valence-electron chi connectivity index (χ4n) is 2.68. The Labute approximate surface area is 124 Å². The highest BCUT2D eigenvalue weighted by Crippen LogP contribution is 2.33. The summed E-state index contributed by atoms with van der Waals surface area (Å²) in [6.45, 7) is 2.69. The third kappa shape index (κ3) is 2.33. The molecule has 0 fully saturated rings. The Bertz CT molecular complexity index is 693. The van der Waals surface area contributed by atoms with Gasteiger partial charge in [0.2, 0.25) is 0 Å². The van der Waals surface area contributed by atoms with Gasteiger partial charge in [0.15, 0.2) is 0 Å². The van der Waals surface area contributed by atoms with Gasteiger partial charge in [-0.1, -0.05) is 6.07 Å². The molecule has 0 spiro atoms. The van der Waals surface area contributed by atoms with Gasteiger partial charge in [-0.05, 0) is 54.8 Å². The minimum Gasteiger partial charge on any atom is -0.497 e. The zero-order valence-corrected chi connectivity index (χ0v) is 12.2. The molecule has 108 valence electrons. The van der Waals surface area contributed by atoms with Gasteiger partial charge in [-0.25, -0.2) is 0 Å². The molecule has 21 heavy (non-hydrogen) atoms. The van der Waals surface area contributed by atoms with E-state index in [2.05, 4.69) is 6.07 Å². The molecular weight excluding hydrogens is 264 g/mol. The van der Waals surface area contributed by atoms with Crippen molar-refractivity contribution in [3.05, 3.63) is 53.1 Å². The molecule has 0 radical (unpaired) electrons. The molecule has 4 heteroatoms. The molecule has 1 amide bonds. The van der Waals surface area contributed by atoms with E-state index in [0.29, 0.717) is 12.1 Å². The first-order chi connectivity index (χ1) is 10.1. The van der Waals surface area contributed by atoms with Crippen LogP contribution in [-0.4, -0.2) is 19.6 Å². The Kier molecular flexibility index (Phi) is 3.29. The quantitative estimate of drug-likeness (QED) is 0.862. The Hall–Kier alpha value is -2.49. The highest BCUT2D eigenvalue weighted by molar-refractivity contribution is 6.07. The normalized spacial score (nSPS) is 13.1. The molecule has 0 atom stereocenters. The molecular formula is C17H18N2O2. The van der Waals surface area contributed by atoms with Gasteiger partial charge in [-0.2, -0.15) is 0 Å². The summed E-state index contributed by atoms with van der Waals surface area (Å²) in [7, 11) is 1.61. The summed E-state index contributed by atoms with van der Waals surface area (Å²) in [5.41, 5.74) is 10.5. The van der Waals surface area contributed by atoms with Crippen LogP contribution in [0.4, 0.5) is 11.4 Å². The molecule has 0 aromatic heterocycles. The van der Waals surface area contributed by atoms with E-state index in [1.165, 1.54) is 5.56 Å². The van der Waals surface area contributed by atoms with E-state index >= 15 is 0 Å². The van der Waals surface area contributed by atoms with E-state index in [4.69, 9.17) is 10.5 Å². The third-order valence-corrected chi connectivity index (χ3v) is 3.94. The number of nitrogens with two attached hydrogens (primary N) is 1. The smallest absolute Gasteiger partial charge is 0.258 e. The SMILES string of the molecule is COc1ccc(C(=O)N2CCc3cc(C)c(N)cc32)cc1. The number of methoxy groups -OCH3 is 1. The van der Waals surface area contributed by atoms with Crippen LogP contribution in [0.2, 0.25) is 0 Å². The van der Waals surface area contributed by atoms with Crippen molar-refractivity contribution < 1.29 is 9.53 Å². The number of rotatable bonds is 2. The number of hydrogen-bond acceptors (Lipinski definition) is 3. The Morgan fingerprint density at radius 3 is 2.62 bits per heavy atom. The van der Waals surface area contributed by atoms with Crippen LogP contribution in [0.25, 0.3) is 0 Å². The van der Waals surface area contributed by atoms with E-state index in [1.54, 1.807) is 36.3 Å². The van der Waals surface area contributed by atoms with Crippen molar-refractivity contribution in [2.75, 3.05) is 24.3 Å². The van der Waals surface area contributed by atoms with Crippen molar-refractivity contribution in [2.24, 2.45) is 0 Å². The lowest BCUT2D eigenvalue weighted by molar-refractivity contribution is 0.0989. The van der Waals surface area contributed by atoms with Crippen LogP contribution in [-0.2, 0) is 6.42 Å². The average molecular weight is 282 g/mol. The number of nitrogen functional groups attached to an aromatic ring is 1. The van der Waals surface area contributed by atoms with Crippen LogP contribution in [0, 0.1) is 6.92 Å². The van der Waals surface area contributed by atoms with Crippen molar-refractivity contribution in [1.29, 1.82) is 0 Å². The number of aryl methyl sites for hydroxylation is 1. The first kappa shape index (κ1) is 13.5. The Morgan fingerprint density at radius 2 is 1.95 bits per heavy atom. The average Bonchev–Trinajstić information content (AvgIpc) is 2.90. The maximum Gasteiger partial charge on any atom is 0.258 e. The molecule has 0 saturated carbocycles. The summed E-state index contributed by atoms with van der Waals surface area (Å²) in [6.07, 6.45) is 0.873. The van der Waals surface area contributed by atoms with Crippen molar-refractivity contribution in [3.8, 4) is 5.75 Å². The molecule has 0 unspecified atom stereocenters. The van der Waals surface area contributed by atoms with Gasteiger partial charge in [0, 0.05) is 23.5 Å². The Balaban J connectivity index is 1.92. The summed E-state index contributed by atoms with van der Waals surface area (Å²) in [5.74, 6) is 0.743. The van der Waals surface area contributed by atoms with E-state index in [1.807, 2.05) is 13.0 Å². The van der Waals surface area contributed by atoms with E-state index in [9.17, 15) is 4.79 Å².